The summed E-state index contributed by atoms with van der Waals surface area (Å²) in [6, 6.07) is 5.62. The number of benzene rings is 1. The normalized spacial score (nSPS) is 16.4. The fourth-order valence-corrected chi connectivity index (χ4v) is 3.45. The molecule has 0 aliphatic carbocycles. The Bertz CT molecular complexity index is 598. The second kappa shape index (κ2) is 7.66. The molecule has 0 saturated carbocycles. The number of ether oxygens (including phenoxy) is 1. The zero-order chi connectivity index (χ0) is 16.0. The van der Waals surface area contributed by atoms with Crippen LogP contribution in [0.15, 0.2) is 24.3 Å². The predicted octanol–water partition coefficient (Wildman–Crippen LogP) is 0.146. The van der Waals surface area contributed by atoms with Gasteiger partial charge in [0.05, 0.1) is 25.4 Å². The molecule has 2 rings (SSSR count). The quantitative estimate of drug-likeness (QED) is 0.805. The molecule has 22 heavy (non-hydrogen) atoms. The highest BCUT2D eigenvalue weighted by Crippen LogP contribution is 2.05. The Kier molecular flexibility index (Phi) is 5.87. The summed E-state index contributed by atoms with van der Waals surface area (Å²) in [6.07, 6.45) is 0.0951. The Hall–Kier alpha value is -1.51. The molecule has 1 aliphatic rings. The van der Waals surface area contributed by atoms with Gasteiger partial charge in [-0.05, 0) is 17.7 Å². The van der Waals surface area contributed by atoms with Crippen LogP contribution in [0.2, 0.25) is 0 Å². The van der Waals surface area contributed by atoms with Crippen molar-refractivity contribution in [3.63, 3.8) is 0 Å². The molecule has 1 aromatic carbocycles. The lowest BCUT2D eigenvalue weighted by molar-refractivity contribution is -0.120. The number of rotatable bonds is 6. The maximum atomic E-state index is 12.8. The molecule has 0 radical (unpaired) electrons. The van der Waals surface area contributed by atoms with Crippen LogP contribution in [0.3, 0.4) is 0 Å². The van der Waals surface area contributed by atoms with Crippen LogP contribution in [0.1, 0.15) is 5.56 Å². The lowest BCUT2D eigenvalue weighted by Crippen LogP contribution is -2.43. The number of halogens is 1. The molecule has 1 aromatic rings. The average molecular weight is 330 g/mol. The maximum Gasteiger partial charge on any atom is 0.224 e. The molecule has 0 unspecified atom stereocenters. The molecule has 1 aliphatic heterocycles. The van der Waals surface area contributed by atoms with Gasteiger partial charge >= 0.3 is 0 Å². The number of amides is 1. The molecule has 122 valence electrons. The largest absolute Gasteiger partial charge is 0.379 e. The summed E-state index contributed by atoms with van der Waals surface area (Å²) in [7, 11) is -3.37. The average Bonchev–Trinajstić information content (AvgIpc) is 2.50. The highest BCUT2D eigenvalue weighted by atomic mass is 32.2. The zero-order valence-electron chi connectivity index (χ0n) is 12.1. The number of nitrogens with zero attached hydrogens (tertiary/aromatic N) is 1. The van der Waals surface area contributed by atoms with E-state index in [-0.39, 0.29) is 30.4 Å². The monoisotopic (exact) mass is 330 g/mol. The second-order valence-electron chi connectivity index (χ2n) is 4.98. The molecule has 1 N–H and O–H groups in total. The Morgan fingerprint density at radius 3 is 2.50 bits per heavy atom. The third-order valence-electron chi connectivity index (χ3n) is 3.32. The fraction of sp³-hybridized carbons (Fsp3) is 0.500. The van der Waals surface area contributed by atoms with E-state index in [1.165, 1.54) is 28.6 Å². The summed E-state index contributed by atoms with van der Waals surface area (Å²) >= 11 is 0. The standard InChI is InChI=1S/C14H19FN2O4S/c15-13-3-1-12(2-4-13)11-14(18)16-5-10-22(19,20)17-6-8-21-9-7-17/h1-4H,5-11H2,(H,16,18). The van der Waals surface area contributed by atoms with Gasteiger partial charge < -0.3 is 10.1 Å². The first-order valence-electron chi connectivity index (χ1n) is 7.04. The Labute approximate surface area is 129 Å². The molecule has 0 aromatic heterocycles. The summed E-state index contributed by atoms with van der Waals surface area (Å²) in [5, 5.41) is 2.57. The summed E-state index contributed by atoms with van der Waals surface area (Å²) in [4.78, 5) is 11.7. The van der Waals surface area contributed by atoms with Gasteiger partial charge in [0.2, 0.25) is 15.9 Å². The molecule has 0 atom stereocenters. The van der Waals surface area contributed by atoms with E-state index in [1.54, 1.807) is 0 Å². The predicted molar refractivity (Wildman–Crippen MR) is 79.3 cm³/mol. The van der Waals surface area contributed by atoms with Gasteiger partial charge in [0.25, 0.3) is 0 Å². The van der Waals surface area contributed by atoms with Crippen molar-refractivity contribution >= 4 is 15.9 Å². The van der Waals surface area contributed by atoms with Crippen molar-refractivity contribution < 1.29 is 22.3 Å². The summed E-state index contributed by atoms with van der Waals surface area (Å²) in [5.74, 6) is -0.785. The highest BCUT2D eigenvalue weighted by molar-refractivity contribution is 7.89. The van der Waals surface area contributed by atoms with Crippen LogP contribution in [-0.4, -0.2) is 57.2 Å². The molecule has 6 nitrogen and oxygen atoms in total. The second-order valence-corrected chi connectivity index (χ2v) is 7.07. The van der Waals surface area contributed by atoms with E-state index in [9.17, 15) is 17.6 Å². The smallest absolute Gasteiger partial charge is 0.224 e. The number of carbonyl (C=O) groups is 1. The van der Waals surface area contributed by atoms with Crippen LogP contribution in [0, 0.1) is 5.82 Å². The van der Waals surface area contributed by atoms with E-state index >= 15 is 0 Å². The van der Waals surface area contributed by atoms with Crippen LogP contribution in [0.4, 0.5) is 4.39 Å². The number of sulfonamides is 1. The maximum absolute atomic E-state index is 12.8. The van der Waals surface area contributed by atoms with Gasteiger partial charge in [-0.25, -0.2) is 12.8 Å². The molecule has 0 spiro atoms. The molecule has 0 bridgehead atoms. The number of nitrogens with one attached hydrogen (secondary N) is 1. The van der Waals surface area contributed by atoms with Gasteiger partial charge in [0.1, 0.15) is 5.82 Å². The minimum Gasteiger partial charge on any atom is -0.379 e. The van der Waals surface area contributed by atoms with Gasteiger partial charge in [-0.15, -0.1) is 0 Å². The van der Waals surface area contributed by atoms with Gasteiger partial charge in [-0.3, -0.25) is 4.79 Å². The van der Waals surface area contributed by atoms with Crippen molar-refractivity contribution in [1.82, 2.24) is 9.62 Å². The Morgan fingerprint density at radius 1 is 1.23 bits per heavy atom. The topological polar surface area (TPSA) is 75.7 Å². The van der Waals surface area contributed by atoms with Crippen LogP contribution >= 0.6 is 0 Å². The van der Waals surface area contributed by atoms with Gasteiger partial charge in [0.15, 0.2) is 0 Å². The molecular formula is C14H19FN2O4S. The number of morpholine rings is 1. The number of hydrogen-bond acceptors (Lipinski definition) is 4. The summed E-state index contributed by atoms with van der Waals surface area (Å²) < 4.78 is 43.3. The molecule has 1 fully saturated rings. The zero-order valence-corrected chi connectivity index (χ0v) is 12.9. The minimum atomic E-state index is -3.37. The van der Waals surface area contributed by atoms with Crippen molar-refractivity contribution in [1.29, 1.82) is 0 Å². The van der Waals surface area contributed by atoms with Gasteiger partial charge in [-0.1, -0.05) is 12.1 Å². The van der Waals surface area contributed by atoms with Crippen molar-refractivity contribution in [2.75, 3.05) is 38.6 Å². The highest BCUT2D eigenvalue weighted by Gasteiger charge is 2.23. The van der Waals surface area contributed by atoms with Gasteiger partial charge in [0, 0.05) is 19.6 Å². The van der Waals surface area contributed by atoms with Crippen molar-refractivity contribution in [3.05, 3.63) is 35.6 Å². The first kappa shape index (κ1) is 16.9. The van der Waals surface area contributed by atoms with Crippen molar-refractivity contribution in [3.8, 4) is 0 Å². The molecule has 1 saturated heterocycles. The van der Waals surface area contributed by atoms with Crippen LogP contribution in [0.5, 0.6) is 0 Å². The van der Waals surface area contributed by atoms with Crippen molar-refractivity contribution in [2.24, 2.45) is 0 Å². The third kappa shape index (κ3) is 5.04. The molecular weight excluding hydrogens is 311 g/mol. The Morgan fingerprint density at radius 2 is 1.86 bits per heavy atom. The van der Waals surface area contributed by atoms with Crippen LogP contribution < -0.4 is 5.32 Å². The van der Waals surface area contributed by atoms with E-state index in [0.29, 0.717) is 31.9 Å². The van der Waals surface area contributed by atoms with E-state index in [4.69, 9.17) is 4.74 Å². The lowest BCUT2D eigenvalue weighted by atomic mass is 10.1. The third-order valence-corrected chi connectivity index (χ3v) is 5.20. The molecule has 8 heteroatoms. The van der Waals surface area contributed by atoms with Crippen LogP contribution in [-0.2, 0) is 26.0 Å². The van der Waals surface area contributed by atoms with E-state index in [0.717, 1.165) is 0 Å². The van der Waals surface area contributed by atoms with Gasteiger partial charge in [-0.2, -0.15) is 4.31 Å². The van der Waals surface area contributed by atoms with E-state index < -0.39 is 10.0 Å². The first-order chi connectivity index (χ1) is 10.5. The number of carbonyl (C=O) groups excluding carboxylic acids is 1. The van der Waals surface area contributed by atoms with Crippen molar-refractivity contribution in [2.45, 2.75) is 6.42 Å². The fourth-order valence-electron chi connectivity index (χ4n) is 2.12. The Balaban J connectivity index is 1.75. The van der Waals surface area contributed by atoms with E-state index in [1.807, 2.05) is 0 Å². The summed E-state index contributed by atoms with van der Waals surface area (Å²) in [6.45, 7) is 1.56. The lowest BCUT2D eigenvalue weighted by Gasteiger charge is -2.26. The summed E-state index contributed by atoms with van der Waals surface area (Å²) in [5.41, 5.74) is 0.676. The first-order valence-corrected chi connectivity index (χ1v) is 8.65. The molecule has 1 heterocycles. The molecule has 1 amide bonds. The number of hydrogen-bond donors (Lipinski definition) is 1. The minimum absolute atomic E-state index is 0.0553. The SMILES string of the molecule is O=C(Cc1ccc(F)cc1)NCCS(=O)(=O)N1CCOCC1. The van der Waals surface area contributed by atoms with E-state index in [2.05, 4.69) is 5.32 Å². The van der Waals surface area contributed by atoms with Crippen LogP contribution in [0.25, 0.3) is 0 Å².